The fraction of sp³-hybridized carbons (Fsp3) is 0.278. The van der Waals surface area contributed by atoms with Crippen molar-refractivity contribution < 1.29 is 9.53 Å². The van der Waals surface area contributed by atoms with Gasteiger partial charge >= 0.3 is 6.09 Å². The number of amidine groups is 1. The zero-order valence-electron chi connectivity index (χ0n) is 14.4. The van der Waals surface area contributed by atoms with E-state index in [1.54, 1.807) is 38.3 Å². The Morgan fingerprint density at radius 1 is 1.40 bits per heavy atom. The molecule has 0 aliphatic carbocycles. The molecular weight excluding hydrogens is 336 g/mol. The quantitative estimate of drug-likeness (QED) is 0.550. The van der Waals surface area contributed by atoms with Crippen LogP contribution in [0.5, 0.6) is 0 Å². The molecule has 7 heteroatoms. The predicted molar refractivity (Wildman–Crippen MR) is 99.4 cm³/mol. The average Bonchev–Trinajstić information content (AvgIpc) is 3.13. The lowest BCUT2D eigenvalue weighted by atomic mass is 10.2. The molecule has 1 amide bonds. The lowest BCUT2D eigenvalue weighted by Crippen LogP contribution is -2.36. The van der Waals surface area contributed by atoms with E-state index >= 15 is 0 Å². The van der Waals surface area contributed by atoms with Crippen molar-refractivity contribution in [1.29, 1.82) is 5.41 Å². The highest BCUT2D eigenvalue weighted by atomic mass is 32.1. The largest absolute Gasteiger partial charge is 0.444 e. The molecule has 6 nitrogen and oxygen atoms in total. The molecule has 0 spiro atoms. The maximum Gasteiger partial charge on any atom is 0.413 e. The summed E-state index contributed by atoms with van der Waals surface area (Å²) in [6.07, 6.45) is 3.16. The van der Waals surface area contributed by atoms with Gasteiger partial charge < -0.3 is 9.30 Å². The van der Waals surface area contributed by atoms with Gasteiger partial charge in [-0.1, -0.05) is 0 Å². The van der Waals surface area contributed by atoms with Gasteiger partial charge in [0.1, 0.15) is 11.4 Å². The molecule has 0 bridgehead atoms. The third kappa shape index (κ3) is 4.24. The Morgan fingerprint density at radius 3 is 2.96 bits per heavy atom. The van der Waals surface area contributed by atoms with Gasteiger partial charge in [0.2, 0.25) is 0 Å². The predicted octanol–water partition coefficient (Wildman–Crippen LogP) is 4.00. The summed E-state index contributed by atoms with van der Waals surface area (Å²) in [5.41, 5.74) is 2.10. The van der Waals surface area contributed by atoms with Crippen molar-refractivity contribution in [2.45, 2.75) is 32.9 Å². The van der Waals surface area contributed by atoms with E-state index in [1.165, 1.54) is 0 Å². The highest BCUT2D eigenvalue weighted by molar-refractivity contribution is 7.10. The molecule has 3 rings (SSSR count). The minimum Gasteiger partial charge on any atom is -0.444 e. The number of ether oxygens (including phenoxy) is 1. The van der Waals surface area contributed by atoms with Crippen LogP contribution in [0, 0.1) is 5.41 Å². The second-order valence-corrected chi connectivity index (χ2v) is 7.65. The van der Waals surface area contributed by atoms with Crippen molar-refractivity contribution in [2.24, 2.45) is 0 Å². The fourth-order valence-corrected chi connectivity index (χ4v) is 3.27. The van der Waals surface area contributed by atoms with Gasteiger partial charge in [-0.25, -0.2) is 4.79 Å². The molecule has 2 N–H and O–H groups in total. The summed E-state index contributed by atoms with van der Waals surface area (Å²) in [6.45, 7) is 6.05. The van der Waals surface area contributed by atoms with Crippen molar-refractivity contribution >= 4 is 34.3 Å². The number of nitrogens with one attached hydrogen (secondary N) is 2. The summed E-state index contributed by atoms with van der Waals surface area (Å²) in [7, 11) is 0. The van der Waals surface area contributed by atoms with Crippen molar-refractivity contribution in [3.8, 4) is 0 Å². The first-order valence-corrected chi connectivity index (χ1v) is 8.76. The van der Waals surface area contributed by atoms with Gasteiger partial charge in [0, 0.05) is 28.2 Å². The standard InChI is InChI=1S/C18H20N4O2S/c1-18(2,3)24-17(23)21-16(19)12-9-13(25-11-12)10-22-8-6-14-15(22)5-4-7-20-14/h4-9,11H,10H2,1-3H3,(H2,19,21,23). The number of thiophene rings is 1. The highest BCUT2D eigenvalue weighted by Gasteiger charge is 2.18. The monoisotopic (exact) mass is 356 g/mol. The maximum absolute atomic E-state index is 11.8. The van der Waals surface area contributed by atoms with Crippen LogP contribution in [0.4, 0.5) is 4.79 Å². The summed E-state index contributed by atoms with van der Waals surface area (Å²) in [5.74, 6) is 0.0378. The molecule has 130 valence electrons. The summed E-state index contributed by atoms with van der Waals surface area (Å²) in [6, 6.07) is 7.84. The molecule has 25 heavy (non-hydrogen) atoms. The van der Waals surface area contributed by atoms with Gasteiger partial charge in [-0.3, -0.25) is 15.7 Å². The van der Waals surface area contributed by atoms with Crippen LogP contribution in [-0.4, -0.2) is 27.1 Å². The van der Waals surface area contributed by atoms with Crippen molar-refractivity contribution in [3.05, 3.63) is 52.5 Å². The molecular formula is C18H20N4O2S. The van der Waals surface area contributed by atoms with Crippen molar-refractivity contribution in [2.75, 3.05) is 0 Å². The molecule has 0 fully saturated rings. The number of hydrogen-bond acceptors (Lipinski definition) is 5. The lowest BCUT2D eigenvalue weighted by molar-refractivity contribution is 0.0563. The maximum atomic E-state index is 11.8. The van der Waals surface area contributed by atoms with Gasteiger partial charge in [0.15, 0.2) is 0 Å². The molecule has 0 unspecified atom stereocenters. The minimum atomic E-state index is -0.618. The number of carbonyl (C=O) groups excluding carboxylic acids is 1. The van der Waals surface area contributed by atoms with Gasteiger partial charge in [0.05, 0.1) is 17.6 Å². The smallest absolute Gasteiger partial charge is 0.413 e. The Bertz CT molecular complexity index is 920. The lowest BCUT2D eigenvalue weighted by Gasteiger charge is -2.19. The molecule has 3 aromatic heterocycles. The first kappa shape index (κ1) is 17.2. The van der Waals surface area contributed by atoms with Crippen molar-refractivity contribution in [3.63, 3.8) is 0 Å². The normalized spacial score (nSPS) is 11.5. The van der Waals surface area contributed by atoms with E-state index in [2.05, 4.69) is 14.9 Å². The van der Waals surface area contributed by atoms with E-state index in [1.807, 2.05) is 35.8 Å². The Morgan fingerprint density at radius 2 is 2.20 bits per heavy atom. The van der Waals surface area contributed by atoms with Crippen LogP contribution in [0.3, 0.4) is 0 Å². The second-order valence-electron chi connectivity index (χ2n) is 6.65. The third-order valence-corrected chi connectivity index (χ3v) is 4.35. The molecule has 0 saturated carbocycles. The Balaban J connectivity index is 1.68. The van der Waals surface area contributed by atoms with E-state index < -0.39 is 11.7 Å². The number of hydrogen-bond donors (Lipinski definition) is 2. The molecule has 0 aliphatic heterocycles. The zero-order chi connectivity index (χ0) is 18.0. The molecule has 0 saturated heterocycles. The van der Waals surface area contributed by atoms with Gasteiger partial charge in [-0.05, 0) is 45.0 Å². The third-order valence-electron chi connectivity index (χ3n) is 3.43. The van der Waals surface area contributed by atoms with Crippen LogP contribution in [0.25, 0.3) is 11.0 Å². The Kier molecular flexibility index (Phi) is 4.59. The number of alkyl carbamates (subject to hydrolysis) is 1. The van der Waals surface area contributed by atoms with Crippen LogP contribution >= 0.6 is 11.3 Å². The van der Waals surface area contributed by atoms with Crippen LogP contribution in [0.1, 0.15) is 31.2 Å². The molecule has 3 aromatic rings. The summed E-state index contributed by atoms with van der Waals surface area (Å²) in [5, 5.41) is 12.4. The van der Waals surface area contributed by atoms with Gasteiger partial charge in [-0.2, -0.15) is 0 Å². The number of carbonyl (C=O) groups is 1. The summed E-state index contributed by atoms with van der Waals surface area (Å²) in [4.78, 5) is 17.2. The van der Waals surface area contributed by atoms with E-state index in [0.29, 0.717) is 12.1 Å². The molecule has 0 aromatic carbocycles. The highest BCUT2D eigenvalue weighted by Crippen LogP contribution is 2.20. The van der Waals surface area contributed by atoms with E-state index in [-0.39, 0.29) is 5.84 Å². The van der Waals surface area contributed by atoms with Crippen LogP contribution in [-0.2, 0) is 11.3 Å². The molecule has 3 heterocycles. The first-order chi connectivity index (χ1) is 11.8. The van der Waals surface area contributed by atoms with E-state index in [9.17, 15) is 4.79 Å². The Hall–Kier alpha value is -2.67. The van der Waals surface area contributed by atoms with Crippen LogP contribution in [0.15, 0.2) is 42.0 Å². The Labute approximate surface area is 150 Å². The number of aromatic nitrogens is 2. The van der Waals surface area contributed by atoms with Crippen molar-refractivity contribution in [1.82, 2.24) is 14.9 Å². The number of nitrogens with zero attached hydrogens (tertiary/aromatic N) is 2. The van der Waals surface area contributed by atoms with Crippen LogP contribution in [0.2, 0.25) is 0 Å². The zero-order valence-corrected chi connectivity index (χ0v) is 15.2. The number of rotatable bonds is 3. The molecule has 0 atom stereocenters. The van der Waals surface area contributed by atoms with Crippen LogP contribution < -0.4 is 5.32 Å². The summed E-state index contributed by atoms with van der Waals surface area (Å²) < 4.78 is 7.29. The molecule has 0 aliphatic rings. The average molecular weight is 356 g/mol. The second kappa shape index (κ2) is 6.68. The number of pyridine rings is 1. The van der Waals surface area contributed by atoms with Gasteiger partial charge in [-0.15, -0.1) is 11.3 Å². The first-order valence-electron chi connectivity index (χ1n) is 7.88. The molecule has 0 radical (unpaired) electrons. The van der Waals surface area contributed by atoms with E-state index in [0.717, 1.165) is 15.9 Å². The summed E-state index contributed by atoms with van der Waals surface area (Å²) >= 11 is 1.55. The number of fused-ring (bicyclic) bond motifs is 1. The topological polar surface area (TPSA) is 80.0 Å². The SMILES string of the molecule is CC(C)(C)OC(=O)NC(=N)c1csc(Cn2ccc3ncccc32)c1. The number of amides is 1. The van der Waals surface area contributed by atoms with Gasteiger partial charge in [0.25, 0.3) is 0 Å². The fourth-order valence-electron chi connectivity index (χ4n) is 2.40. The van der Waals surface area contributed by atoms with E-state index in [4.69, 9.17) is 10.1 Å². The minimum absolute atomic E-state index is 0.0378.